The van der Waals surface area contributed by atoms with E-state index in [0.717, 1.165) is 38.9 Å². The molecule has 2 heterocycles. The highest BCUT2D eigenvalue weighted by Crippen LogP contribution is 2.76. The highest BCUT2D eigenvalue weighted by molar-refractivity contribution is 7.24. The Morgan fingerprint density at radius 2 is 1.42 bits per heavy atom. The summed E-state index contributed by atoms with van der Waals surface area (Å²) in [6, 6.07) is 18.0. The van der Waals surface area contributed by atoms with Crippen LogP contribution in [0.4, 0.5) is 0 Å². The van der Waals surface area contributed by atoms with Crippen molar-refractivity contribution >= 4 is 20.4 Å². The van der Waals surface area contributed by atoms with Crippen molar-refractivity contribution in [2.45, 2.75) is 32.3 Å². The summed E-state index contributed by atoms with van der Waals surface area (Å²) in [5.41, 5.74) is 7.32. The van der Waals surface area contributed by atoms with E-state index in [2.05, 4.69) is 42.1 Å². The molecular formula is C27H23O5P. The molecule has 1 aliphatic carbocycles. The van der Waals surface area contributed by atoms with Gasteiger partial charge in [0.2, 0.25) is 0 Å². The predicted octanol–water partition coefficient (Wildman–Crippen LogP) is 5.57. The smallest absolute Gasteiger partial charge is 0.346 e. The number of benzene rings is 3. The molecule has 0 radical (unpaired) electrons. The Kier molecular flexibility index (Phi) is 4.09. The number of aromatic hydroxyl groups is 2. The van der Waals surface area contributed by atoms with Gasteiger partial charge in [-0.15, -0.1) is 9.24 Å². The molecule has 0 bridgehead atoms. The van der Waals surface area contributed by atoms with Crippen molar-refractivity contribution in [1.29, 1.82) is 0 Å². The van der Waals surface area contributed by atoms with Crippen LogP contribution in [-0.2, 0) is 9.47 Å². The molecule has 3 aliphatic rings. The van der Waals surface area contributed by atoms with Gasteiger partial charge in [0, 0.05) is 16.5 Å². The topological polar surface area (TPSA) is 74.8 Å². The lowest BCUT2D eigenvalue weighted by atomic mass is 9.83. The molecule has 3 aromatic carbocycles. The van der Waals surface area contributed by atoms with Crippen molar-refractivity contribution < 1.29 is 24.4 Å². The molecule has 166 valence electrons. The molecule has 0 aromatic heterocycles. The molecule has 2 N–H and O–H groups in total. The van der Waals surface area contributed by atoms with Gasteiger partial charge in [0.15, 0.2) is 5.76 Å². The van der Waals surface area contributed by atoms with E-state index in [4.69, 9.17) is 14.2 Å². The van der Waals surface area contributed by atoms with Gasteiger partial charge in [-0.1, -0.05) is 24.3 Å². The molecule has 1 spiro atoms. The van der Waals surface area contributed by atoms with E-state index < -0.39 is 11.6 Å². The van der Waals surface area contributed by atoms with E-state index in [-0.39, 0.29) is 11.5 Å². The second-order valence-corrected chi connectivity index (χ2v) is 9.40. The van der Waals surface area contributed by atoms with Crippen molar-refractivity contribution in [3.63, 3.8) is 0 Å². The fourth-order valence-electron chi connectivity index (χ4n) is 4.73. The van der Waals surface area contributed by atoms with Crippen LogP contribution in [0.2, 0.25) is 0 Å². The molecule has 33 heavy (non-hydrogen) atoms. The van der Waals surface area contributed by atoms with Crippen LogP contribution >= 0.6 is 9.24 Å². The van der Waals surface area contributed by atoms with Gasteiger partial charge in [0.1, 0.15) is 17.2 Å². The number of ether oxygens (including phenoxy) is 3. The lowest BCUT2D eigenvalue weighted by Gasteiger charge is -2.25. The lowest BCUT2D eigenvalue weighted by molar-refractivity contribution is 0.117. The molecule has 3 aromatic rings. The normalized spacial score (nSPS) is 24.7. The summed E-state index contributed by atoms with van der Waals surface area (Å²) in [4.78, 5) is 0. The van der Waals surface area contributed by atoms with Crippen molar-refractivity contribution in [3.05, 3.63) is 99.6 Å². The van der Waals surface area contributed by atoms with Gasteiger partial charge in [-0.3, -0.25) is 4.74 Å². The second-order valence-electron chi connectivity index (χ2n) is 8.82. The minimum Gasteiger partial charge on any atom is -0.508 e. The number of phenols is 2. The summed E-state index contributed by atoms with van der Waals surface area (Å²) in [6.45, 7) is 6.31. The molecule has 6 rings (SSSR count). The molecule has 0 saturated carbocycles. The molecule has 3 unspecified atom stereocenters. The van der Waals surface area contributed by atoms with Crippen LogP contribution in [0, 0.1) is 20.8 Å². The van der Waals surface area contributed by atoms with Crippen LogP contribution in [0.25, 0.3) is 11.1 Å². The maximum absolute atomic E-state index is 9.92. The number of aryl methyl sites for hydroxylation is 3. The molecule has 2 fully saturated rings. The first-order chi connectivity index (χ1) is 15.8. The Morgan fingerprint density at radius 1 is 0.818 bits per heavy atom. The summed E-state index contributed by atoms with van der Waals surface area (Å²) in [5.74, 6) is -0.473. The first-order valence-electron chi connectivity index (χ1n) is 10.8. The number of epoxide rings is 2. The molecule has 2 saturated heterocycles. The SMILES string of the molecule is Cc1cc(C)c(C2=C(c3ccc(O)cc3)C3(Oc4ccc(O)cc4)OC34OC4=C2P)cc1C. The zero-order valence-corrected chi connectivity index (χ0v) is 19.6. The third-order valence-corrected chi connectivity index (χ3v) is 7.19. The Balaban J connectivity index is 1.62. The summed E-state index contributed by atoms with van der Waals surface area (Å²) in [6.07, 6.45) is 0. The molecular weight excluding hydrogens is 435 g/mol. The summed E-state index contributed by atoms with van der Waals surface area (Å²) in [7, 11) is 2.83. The number of phenolic OH excluding ortho intramolecular Hbond substituents is 2. The van der Waals surface area contributed by atoms with E-state index in [1.807, 2.05) is 12.1 Å². The predicted molar refractivity (Wildman–Crippen MR) is 129 cm³/mol. The van der Waals surface area contributed by atoms with Gasteiger partial charge in [-0.2, -0.15) is 0 Å². The highest BCUT2D eigenvalue weighted by Gasteiger charge is 2.92. The fraction of sp³-hybridized carbons (Fsp3) is 0.185. The van der Waals surface area contributed by atoms with Gasteiger partial charge in [-0.05, 0) is 85.0 Å². The Bertz CT molecular complexity index is 1390. The van der Waals surface area contributed by atoms with Crippen molar-refractivity contribution in [2.75, 3.05) is 0 Å². The first-order valence-corrected chi connectivity index (χ1v) is 11.3. The van der Waals surface area contributed by atoms with Crippen molar-refractivity contribution in [1.82, 2.24) is 0 Å². The van der Waals surface area contributed by atoms with E-state index in [1.54, 1.807) is 36.4 Å². The highest BCUT2D eigenvalue weighted by atomic mass is 31.0. The van der Waals surface area contributed by atoms with Gasteiger partial charge in [-0.25, -0.2) is 0 Å². The van der Waals surface area contributed by atoms with Gasteiger partial charge >= 0.3 is 11.6 Å². The molecule has 3 atom stereocenters. The zero-order chi connectivity index (χ0) is 23.1. The van der Waals surface area contributed by atoms with Gasteiger partial charge in [0.05, 0.1) is 0 Å². The second kappa shape index (κ2) is 6.63. The van der Waals surface area contributed by atoms with E-state index >= 15 is 0 Å². The summed E-state index contributed by atoms with van der Waals surface area (Å²) in [5, 5.41) is 20.6. The molecule has 0 amide bonds. The molecule has 6 heteroatoms. The number of rotatable bonds is 4. The average molecular weight is 458 g/mol. The van der Waals surface area contributed by atoms with Gasteiger partial charge in [0.25, 0.3) is 0 Å². The average Bonchev–Trinajstić information content (AvgIpc) is 3.67. The zero-order valence-electron chi connectivity index (χ0n) is 18.5. The Labute approximate surface area is 194 Å². The van der Waals surface area contributed by atoms with Crippen LogP contribution in [0.1, 0.15) is 27.8 Å². The minimum absolute atomic E-state index is 0.158. The number of hydrogen-bond donors (Lipinski definition) is 2. The van der Waals surface area contributed by atoms with Crippen LogP contribution in [0.15, 0.2) is 71.7 Å². The summed E-state index contributed by atoms with van der Waals surface area (Å²) < 4.78 is 18.8. The maximum Gasteiger partial charge on any atom is 0.346 e. The first kappa shape index (κ1) is 20.3. The molecule has 2 aliphatic heterocycles. The van der Waals surface area contributed by atoms with Crippen LogP contribution in [-0.4, -0.2) is 21.8 Å². The Hall–Kier alpha value is -3.27. The van der Waals surface area contributed by atoms with Crippen molar-refractivity contribution in [2.24, 2.45) is 0 Å². The van der Waals surface area contributed by atoms with Crippen LogP contribution in [0.5, 0.6) is 17.2 Å². The Morgan fingerprint density at radius 3 is 2.09 bits per heavy atom. The monoisotopic (exact) mass is 458 g/mol. The van der Waals surface area contributed by atoms with Crippen LogP contribution in [0.3, 0.4) is 0 Å². The molecule has 5 nitrogen and oxygen atoms in total. The standard InChI is InChI=1S/C27H23O5P/c1-14-12-16(3)21(13-15(14)2)22-23(17-4-6-18(28)7-5-17)26(27(32-26)25(31-27)24(22)33)30-20-10-8-19(29)9-11-20/h4-13,28-29H,33H2,1-3H3. The van der Waals surface area contributed by atoms with Crippen molar-refractivity contribution in [3.8, 4) is 17.2 Å². The van der Waals surface area contributed by atoms with E-state index in [0.29, 0.717) is 5.75 Å². The van der Waals surface area contributed by atoms with Gasteiger partial charge < -0.3 is 19.7 Å². The quantitative estimate of drug-likeness (QED) is 0.395. The van der Waals surface area contributed by atoms with Crippen LogP contribution < -0.4 is 4.74 Å². The third-order valence-electron chi connectivity index (χ3n) is 6.64. The largest absolute Gasteiger partial charge is 0.508 e. The maximum atomic E-state index is 9.92. The lowest BCUT2D eigenvalue weighted by Crippen LogP contribution is -2.29. The van der Waals surface area contributed by atoms with E-state index in [9.17, 15) is 10.2 Å². The summed E-state index contributed by atoms with van der Waals surface area (Å²) >= 11 is 0. The number of hydrogen-bond acceptors (Lipinski definition) is 5. The number of allylic oxidation sites excluding steroid dienone is 2. The minimum atomic E-state index is -1.17. The van der Waals surface area contributed by atoms with E-state index in [1.165, 1.54) is 11.1 Å². The third kappa shape index (κ3) is 2.79. The fourth-order valence-corrected chi connectivity index (χ4v) is 5.28.